The largest absolute Gasteiger partial charge is 0.459 e. The van der Waals surface area contributed by atoms with Crippen LogP contribution in [0.25, 0.3) is 11.3 Å². The number of likely N-dealkylation sites (N-methyl/N-ethyl adjacent to an activating group) is 1. The summed E-state index contributed by atoms with van der Waals surface area (Å²) in [6.07, 6.45) is 0.344. The average molecular weight is 414 g/mol. The molecule has 0 aliphatic heterocycles. The lowest BCUT2D eigenvalue weighted by Gasteiger charge is -2.16. The minimum atomic E-state index is 0.0461. The highest BCUT2D eigenvalue weighted by Gasteiger charge is 2.19. The van der Waals surface area contributed by atoms with Gasteiger partial charge in [-0.05, 0) is 56.2 Å². The lowest BCUT2D eigenvalue weighted by atomic mass is 10.1. The van der Waals surface area contributed by atoms with Gasteiger partial charge in [0.15, 0.2) is 0 Å². The Morgan fingerprint density at radius 1 is 1.17 bits per heavy atom. The van der Waals surface area contributed by atoms with Crippen LogP contribution < -0.4 is 0 Å². The summed E-state index contributed by atoms with van der Waals surface area (Å²) in [4.78, 5) is 14.5. The molecule has 0 bridgehead atoms. The van der Waals surface area contributed by atoms with Crippen LogP contribution in [0.4, 0.5) is 0 Å². The summed E-state index contributed by atoms with van der Waals surface area (Å²) in [7, 11) is 1.80. The molecule has 0 spiro atoms. The van der Waals surface area contributed by atoms with Gasteiger partial charge in [0, 0.05) is 35.4 Å². The topological polar surface area (TPSA) is 51.3 Å². The number of hydrogen-bond acceptors (Lipinski definition) is 3. The van der Waals surface area contributed by atoms with Crippen LogP contribution >= 0.6 is 11.6 Å². The van der Waals surface area contributed by atoms with Crippen LogP contribution in [0.1, 0.15) is 36.6 Å². The number of benzene rings is 1. The van der Waals surface area contributed by atoms with Crippen LogP contribution in [0.2, 0.25) is 5.02 Å². The molecule has 0 radical (unpaired) electrons. The van der Waals surface area contributed by atoms with Crippen LogP contribution in [0.15, 0.2) is 40.8 Å². The van der Waals surface area contributed by atoms with Gasteiger partial charge >= 0.3 is 0 Å². The normalized spacial score (nSPS) is 11.3. The molecule has 3 aromatic rings. The van der Waals surface area contributed by atoms with Crippen molar-refractivity contribution in [3.63, 3.8) is 0 Å². The number of carbonyl (C=O) groups is 1. The van der Waals surface area contributed by atoms with Gasteiger partial charge in [0.05, 0.1) is 18.7 Å². The van der Waals surface area contributed by atoms with Crippen molar-refractivity contribution < 1.29 is 9.21 Å². The molecule has 0 aliphatic carbocycles. The van der Waals surface area contributed by atoms with Crippen molar-refractivity contribution in [1.29, 1.82) is 0 Å². The summed E-state index contributed by atoms with van der Waals surface area (Å²) in [5, 5.41) is 5.30. The first-order valence-electron chi connectivity index (χ1n) is 9.86. The van der Waals surface area contributed by atoms with Gasteiger partial charge in [0.2, 0.25) is 5.91 Å². The van der Waals surface area contributed by atoms with Crippen LogP contribution in [-0.2, 0) is 24.3 Å². The Morgan fingerprint density at radius 3 is 2.52 bits per heavy atom. The molecule has 2 aromatic heterocycles. The molecule has 0 fully saturated rings. The first kappa shape index (κ1) is 21.2. The second-order valence-electron chi connectivity index (χ2n) is 7.92. The standard InChI is InChI=1S/C23H28ClN3O2/c1-15(2)13-27-17(4)21(16(3)25-27)12-23(28)26(5)14-20-10-11-22(29-20)18-6-8-19(24)9-7-18/h6-11,15H,12-14H2,1-5H3. The first-order valence-corrected chi connectivity index (χ1v) is 10.2. The Morgan fingerprint density at radius 2 is 1.86 bits per heavy atom. The van der Waals surface area contributed by atoms with E-state index in [0.717, 1.165) is 40.6 Å². The Bertz CT molecular complexity index is 986. The van der Waals surface area contributed by atoms with E-state index in [-0.39, 0.29) is 5.91 Å². The minimum absolute atomic E-state index is 0.0461. The molecule has 29 heavy (non-hydrogen) atoms. The van der Waals surface area contributed by atoms with E-state index >= 15 is 0 Å². The number of nitrogens with zero attached hydrogens (tertiary/aromatic N) is 3. The van der Waals surface area contributed by atoms with Crippen molar-refractivity contribution in [3.05, 3.63) is 64.1 Å². The Kier molecular flexibility index (Phi) is 6.48. The molecule has 5 nitrogen and oxygen atoms in total. The molecule has 0 saturated carbocycles. The van der Waals surface area contributed by atoms with Gasteiger partial charge in [-0.2, -0.15) is 5.10 Å². The Hall–Kier alpha value is -2.53. The van der Waals surface area contributed by atoms with Crippen molar-refractivity contribution in [2.24, 2.45) is 5.92 Å². The van der Waals surface area contributed by atoms with Crippen molar-refractivity contribution in [3.8, 4) is 11.3 Å². The van der Waals surface area contributed by atoms with E-state index in [1.807, 2.05) is 54.9 Å². The maximum Gasteiger partial charge on any atom is 0.227 e. The van der Waals surface area contributed by atoms with Crippen LogP contribution in [0, 0.1) is 19.8 Å². The van der Waals surface area contributed by atoms with Gasteiger partial charge in [-0.3, -0.25) is 9.48 Å². The monoisotopic (exact) mass is 413 g/mol. The molecule has 0 saturated heterocycles. The van der Waals surface area contributed by atoms with Gasteiger partial charge in [0.1, 0.15) is 11.5 Å². The Balaban J connectivity index is 1.66. The maximum absolute atomic E-state index is 12.8. The number of carbonyl (C=O) groups excluding carboxylic acids is 1. The van der Waals surface area contributed by atoms with E-state index in [2.05, 4.69) is 18.9 Å². The smallest absolute Gasteiger partial charge is 0.227 e. The lowest BCUT2D eigenvalue weighted by molar-refractivity contribution is -0.129. The maximum atomic E-state index is 12.8. The van der Waals surface area contributed by atoms with E-state index in [0.29, 0.717) is 23.9 Å². The number of rotatable bonds is 7. The molecular formula is C23H28ClN3O2. The molecule has 0 aliphatic rings. The average Bonchev–Trinajstić information content (AvgIpc) is 3.22. The number of halogens is 1. The first-order chi connectivity index (χ1) is 13.7. The van der Waals surface area contributed by atoms with E-state index < -0.39 is 0 Å². The summed E-state index contributed by atoms with van der Waals surface area (Å²) < 4.78 is 7.93. The zero-order chi connectivity index (χ0) is 21.1. The second kappa shape index (κ2) is 8.87. The van der Waals surface area contributed by atoms with Crippen molar-refractivity contribution in [1.82, 2.24) is 14.7 Å². The Labute approximate surface area is 177 Å². The van der Waals surface area contributed by atoms with E-state index in [1.165, 1.54) is 0 Å². The molecule has 2 heterocycles. The third kappa shape index (κ3) is 5.10. The molecular weight excluding hydrogens is 386 g/mol. The summed E-state index contributed by atoms with van der Waals surface area (Å²) in [5.41, 5.74) is 3.97. The van der Waals surface area contributed by atoms with Gasteiger partial charge in [0.25, 0.3) is 0 Å². The van der Waals surface area contributed by atoms with E-state index in [9.17, 15) is 4.79 Å². The van der Waals surface area contributed by atoms with Gasteiger partial charge in [-0.25, -0.2) is 0 Å². The minimum Gasteiger partial charge on any atom is -0.459 e. The van der Waals surface area contributed by atoms with Gasteiger partial charge in [-0.15, -0.1) is 0 Å². The molecule has 0 unspecified atom stereocenters. The van der Waals surface area contributed by atoms with Gasteiger partial charge in [-0.1, -0.05) is 25.4 Å². The van der Waals surface area contributed by atoms with Gasteiger partial charge < -0.3 is 9.32 Å². The summed E-state index contributed by atoms with van der Waals surface area (Å²) in [6.45, 7) is 9.61. The van der Waals surface area contributed by atoms with E-state index in [1.54, 1.807) is 11.9 Å². The van der Waals surface area contributed by atoms with Crippen LogP contribution in [0.5, 0.6) is 0 Å². The van der Waals surface area contributed by atoms with Crippen molar-refractivity contribution >= 4 is 17.5 Å². The summed E-state index contributed by atoms with van der Waals surface area (Å²) in [6, 6.07) is 11.3. The molecule has 1 aromatic carbocycles. The summed E-state index contributed by atoms with van der Waals surface area (Å²) in [5.74, 6) is 2.06. The number of aromatic nitrogens is 2. The number of hydrogen-bond donors (Lipinski definition) is 0. The number of amides is 1. The van der Waals surface area contributed by atoms with Crippen LogP contribution in [0.3, 0.4) is 0 Å². The lowest BCUT2D eigenvalue weighted by Crippen LogP contribution is -2.27. The highest BCUT2D eigenvalue weighted by atomic mass is 35.5. The van der Waals surface area contributed by atoms with Crippen molar-refractivity contribution in [2.75, 3.05) is 7.05 Å². The molecule has 154 valence electrons. The SMILES string of the molecule is Cc1nn(CC(C)C)c(C)c1CC(=O)N(C)Cc1ccc(-c2ccc(Cl)cc2)o1. The second-order valence-corrected chi connectivity index (χ2v) is 8.36. The predicted molar refractivity (Wildman–Crippen MR) is 116 cm³/mol. The quantitative estimate of drug-likeness (QED) is 0.530. The fraction of sp³-hybridized carbons (Fsp3) is 0.391. The molecule has 0 atom stereocenters. The van der Waals surface area contributed by atoms with Crippen LogP contribution in [-0.4, -0.2) is 27.6 Å². The number of furan rings is 1. The third-order valence-corrected chi connectivity index (χ3v) is 5.26. The zero-order valence-electron chi connectivity index (χ0n) is 17.7. The highest BCUT2D eigenvalue weighted by Crippen LogP contribution is 2.24. The number of aryl methyl sites for hydroxylation is 1. The fourth-order valence-corrected chi connectivity index (χ4v) is 3.48. The predicted octanol–water partition coefficient (Wildman–Crippen LogP) is 5.27. The highest BCUT2D eigenvalue weighted by molar-refractivity contribution is 6.30. The summed E-state index contributed by atoms with van der Waals surface area (Å²) >= 11 is 5.94. The molecule has 0 N–H and O–H groups in total. The molecule has 1 amide bonds. The van der Waals surface area contributed by atoms with E-state index in [4.69, 9.17) is 16.0 Å². The molecule has 3 rings (SSSR count). The third-order valence-electron chi connectivity index (χ3n) is 5.01. The molecule has 6 heteroatoms. The van der Waals surface area contributed by atoms with Crippen molar-refractivity contribution in [2.45, 2.75) is 47.2 Å². The fourth-order valence-electron chi connectivity index (χ4n) is 3.35. The zero-order valence-corrected chi connectivity index (χ0v) is 18.5.